The lowest BCUT2D eigenvalue weighted by Crippen LogP contribution is -2.43. The Hall–Kier alpha value is -1.63. The lowest BCUT2D eigenvalue weighted by molar-refractivity contribution is -0.140. The Morgan fingerprint density at radius 2 is 1.95 bits per heavy atom. The highest BCUT2D eigenvalue weighted by Gasteiger charge is 2.36. The zero-order valence-corrected chi connectivity index (χ0v) is 11.8. The Morgan fingerprint density at radius 1 is 1.27 bits per heavy atom. The summed E-state index contributed by atoms with van der Waals surface area (Å²) in [4.78, 5) is 12.1. The molecule has 0 aliphatic heterocycles. The Balaban J connectivity index is 2.19. The van der Waals surface area contributed by atoms with Crippen molar-refractivity contribution in [2.24, 2.45) is 5.92 Å². The van der Waals surface area contributed by atoms with Crippen molar-refractivity contribution in [2.45, 2.75) is 37.9 Å². The molecule has 1 aromatic rings. The summed E-state index contributed by atoms with van der Waals surface area (Å²) >= 11 is 0. The molecule has 2 rings (SSSR count). The molecule has 0 bridgehead atoms. The first-order valence-corrected chi connectivity index (χ1v) is 7.12. The van der Waals surface area contributed by atoms with Crippen LogP contribution in [0.1, 0.15) is 41.6 Å². The summed E-state index contributed by atoms with van der Waals surface area (Å²) in [5.41, 5.74) is -2.08. The van der Waals surface area contributed by atoms with Crippen LogP contribution in [0, 0.1) is 11.7 Å². The van der Waals surface area contributed by atoms with Crippen LogP contribution in [-0.4, -0.2) is 23.7 Å². The van der Waals surface area contributed by atoms with Gasteiger partial charge in [0, 0.05) is 18.6 Å². The minimum atomic E-state index is -4.85. The molecule has 0 saturated heterocycles. The molecule has 0 radical (unpaired) electrons. The van der Waals surface area contributed by atoms with E-state index in [4.69, 9.17) is 0 Å². The van der Waals surface area contributed by atoms with Crippen LogP contribution >= 0.6 is 0 Å². The monoisotopic (exact) mass is 319 g/mol. The van der Waals surface area contributed by atoms with Crippen LogP contribution in [0.3, 0.4) is 0 Å². The number of amides is 1. The Morgan fingerprint density at radius 3 is 2.59 bits per heavy atom. The van der Waals surface area contributed by atoms with Crippen LogP contribution < -0.4 is 5.32 Å². The first kappa shape index (κ1) is 16.7. The van der Waals surface area contributed by atoms with Crippen LogP contribution in [0.25, 0.3) is 0 Å². The van der Waals surface area contributed by atoms with Gasteiger partial charge in [0.15, 0.2) is 0 Å². The number of hydrogen-bond donors (Lipinski definition) is 2. The molecule has 1 aromatic carbocycles. The average molecular weight is 319 g/mol. The first-order chi connectivity index (χ1) is 10.3. The number of benzene rings is 1. The van der Waals surface area contributed by atoms with E-state index in [2.05, 4.69) is 5.32 Å². The maximum Gasteiger partial charge on any atom is 0.419 e. The molecule has 1 aliphatic carbocycles. The molecule has 1 amide bonds. The number of aliphatic hydroxyl groups is 1. The molecule has 1 fully saturated rings. The van der Waals surface area contributed by atoms with Crippen molar-refractivity contribution in [2.75, 3.05) is 6.61 Å². The van der Waals surface area contributed by atoms with E-state index in [1.807, 2.05) is 0 Å². The highest BCUT2D eigenvalue weighted by Crippen LogP contribution is 2.32. The van der Waals surface area contributed by atoms with Gasteiger partial charge in [-0.1, -0.05) is 18.9 Å². The van der Waals surface area contributed by atoms with Crippen LogP contribution in [-0.2, 0) is 6.18 Å². The van der Waals surface area contributed by atoms with E-state index < -0.39 is 29.0 Å². The van der Waals surface area contributed by atoms with Gasteiger partial charge in [0.2, 0.25) is 0 Å². The van der Waals surface area contributed by atoms with Gasteiger partial charge in [0.25, 0.3) is 5.91 Å². The fraction of sp³-hybridized carbons (Fsp3) is 0.533. The summed E-state index contributed by atoms with van der Waals surface area (Å²) in [6.45, 7) is -0.115. The van der Waals surface area contributed by atoms with E-state index in [-0.39, 0.29) is 18.6 Å². The predicted octanol–water partition coefficient (Wildman–Crippen LogP) is 3.13. The molecule has 7 heteroatoms. The zero-order valence-electron chi connectivity index (χ0n) is 11.8. The second kappa shape index (κ2) is 6.64. The van der Waals surface area contributed by atoms with E-state index in [9.17, 15) is 27.5 Å². The van der Waals surface area contributed by atoms with Crippen LogP contribution in [0.4, 0.5) is 17.6 Å². The van der Waals surface area contributed by atoms with Crippen molar-refractivity contribution >= 4 is 5.91 Å². The van der Waals surface area contributed by atoms with E-state index in [0.29, 0.717) is 12.5 Å². The van der Waals surface area contributed by atoms with Crippen LogP contribution in [0.15, 0.2) is 18.2 Å². The zero-order chi connectivity index (χ0) is 16.3. The molecule has 1 aliphatic rings. The van der Waals surface area contributed by atoms with E-state index in [1.165, 1.54) is 0 Å². The van der Waals surface area contributed by atoms with Crippen molar-refractivity contribution in [3.8, 4) is 0 Å². The van der Waals surface area contributed by atoms with Crippen molar-refractivity contribution in [3.63, 3.8) is 0 Å². The summed E-state index contributed by atoms with van der Waals surface area (Å²) in [6.07, 6.45) is -1.72. The quantitative estimate of drug-likeness (QED) is 0.841. The minimum Gasteiger partial charge on any atom is -0.396 e. The smallest absolute Gasteiger partial charge is 0.396 e. The lowest BCUT2D eigenvalue weighted by atomic mass is 9.85. The number of carbonyl (C=O) groups excluding carboxylic acids is 1. The normalized spacial score (nSPS) is 22.4. The third-order valence-corrected chi connectivity index (χ3v) is 4.01. The average Bonchev–Trinajstić information content (AvgIpc) is 2.46. The summed E-state index contributed by atoms with van der Waals surface area (Å²) < 4.78 is 51.9. The van der Waals surface area contributed by atoms with Crippen LogP contribution in [0.2, 0.25) is 0 Å². The molecule has 1 saturated carbocycles. The van der Waals surface area contributed by atoms with Gasteiger partial charge in [-0.05, 0) is 25.0 Å². The predicted molar refractivity (Wildman–Crippen MR) is 71.7 cm³/mol. The van der Waals surface area contributed by atoms with E-state index >= 15 is 0 Å². The van der Waals surface area contributed by atoms with E-state index in [0.717, 1.165) is 31.4 Å². The molecule has 0 aromatic heterocycles. The van der Waals surface area contributed by atoms with E-state index in [1.54, 1.807) is 0 Å². The molecule has 2 N–H and O–H groups in total. The summed E-state index contributed by atoms with van der Waals surface area (Å²) in [6, 6.07) is 2.28. The third-order valence-electron chi connectivity index (χ3n) is 4.01. The molecular formula is C15H17F4NO2. The third kappa shape index (κ3) is 3.58. The molecular weight excluding hydrogens is 302 g/mol. The number of carbonyl (C=O) groups is 1. The van der Waals surface area contributed by atoms with Gasteiger partial charge in [-0.15, -0.1) is 0 Å². The topological polar surface area (TPSA) is 49.3 Å². The van der Waals surface area contributed by atoms with Gasteiger partial charge >= 0.3 is 6.18 Å². The molecule has 0 heterocycles. The van der Waals surface area contributed by atoms with Gasteiger partial charge in [0.05, 0.1) is 11.1 Å². The molecule has 2 atom stereocenters. The molecule has 22 heavy (non-hydrogen) atoms. The Kier molecular flexibility index (Phi) is 5.05. The second-order valence-electron chi connectivity index (χ2n) is 5.47. The number of rotatable bonds is 3. The summed E-state index contributed by atoms with van der Waals surface area (Å²) in [5, 5.41) is 11.8. The number of nitrogens with one attached hydrogen (secondary N) is 1. The summed E-state index contributed by atoms with van der Waals surface area (Å²) in [5.74, 6) is -2.59. The number of aliphatic hydroxyl groups excluding tert-OH is 1. The Bertz CT molecular complexity index is 545. The van der Waals surface area contributed by atoms with Gasteiger partial charge in [-0.25, -0.2) is 4.39 Å². The number of alkyl halides is 3. The number of halogens is 4. The maximum absolute atomic E-state index is 13.9. The highest BCUT2D eigenvalue weighted by atomic mass is 19.4. The van der Waals surface area contributed by atoms with Gasteiger partial charge in [0.1, 0.15) is 5.82 Å². The second-order valence-corrected chi connectivity index (χ2v) is 5.47. The van der Waals surface area contributed by atoms with Crippen molar-refractivity contribution in [1.82, 2.24) is 5.32 Å². The molecule has 3 nitrogen and oxygen atoms in total. The molecule has 0 spiro atoms. The van der Waals surface area contributed by atoms with Gasteiger partial charge < -0.3 is 10.4 Å². The molecule has 2 unspecified atom stereocenters. The fourth-order valence-corrected chi connectivity index (χ4v) is 2.79. The van der Waals surface area contributed by atoms with Gasteiger partial charge in [-0.3, -0.25) is 4.79 Å². The van der Waals surface area contributed by atoms with Crippen molar-refractivity contribution in [3.05, 3.63) is 35.1 Å². The lowest BCUT2D eigenvalue weighted by Gasteiger charge is -2.31. The summed E-state index contributed by atoms with van der Waals surface area (Å²) in [7, 11) is 0. The van der Waals surface area contributed by atoms with Crippen molar-refractivity contribution in [1.29, 1.82) is 0 Å². The largest absolute Gasteiger partial charge is 0.419 e. The standard InChI is InChI=1S/C15H17F4NO2/c16-13-10(5-3-6-11(13)15(17,18)19)14(22)20-12-7-2-1-4-9(12)8-21/h3,5-6,9,12,21H,1-2,4,7-8H2,(H,20,22). The minimum absolute atomic E-state index is 0.115. The van der Waals surface area contributed by atoms with Gasteiger partial charge in [-0.2, -0.15) is 13.2 Å². The molecule has 122 valence electrons. The SMILES string of the molecule is O=C(NC1CCCCC1CO)c1cccc(C(F)(F)F)c1F. The fourth-order valence-electron chi connectivity index (χ4n) is 2.79. The maximum atomic E-state index is 13.9. The highest BCUT2D eigenvalue weighted by molar-refractivity contribution is 5.95. The van der Waals surface area contributed by atoms with Crippen LogP contribution in [0.5, 0.6) is 0 Å². The Labute approximate surface area is 125 Å². The first-order valence-electron chi connectivity index (χ1n) is 7.12. The van der Waals surface area contributed by atoms with Crippen molar-refractivity contribution < 1.29 is 27.5 Å². The number of hydrogen-bond acceptors (Lipinski definition) is 2.